The molecule has 0 spiro atoms. The molecule has 0 aromatic heterocycles. The van der Waals surface area contributed by atoms with E-state index in [0.29, 0.717) is 5.02 Å². The van der Waals surface area contributed by atoms with Crippen LogP contribution in [-0.4, -0.2) is 11.4 Å². The summed E-state index contributed by atoms with van der Waals surface area (Å²) in [4.78, 5) is 12.9. The Morgan fingerprint density at radius 3 is 2.26 bits per heavy atom. The predicted molar refractivity (Wildman–Crippen MR) is 94.7 cm³/mol. The standard InChI is InChI=1S/C20H22ClNO/c1-19(2,14-15-6-4-3-5-7-15)22-18(23)20(12-13-20)16-8-10-17(21)11-9-16/h3-11H,12-14H2,1-2H3,(H,22,23). The molecule has 2 aromatic carbocycles. The third-order valence-corrected chi connectivity index (χ3v) is 4.77. The lowest BCUT2D eigenvalue weighted by atomic mass is 9.90. The third-order valence-electron chi connectivity index (χ3n) is 4.52. The number of rotatable bonds is 5. The molecular weight excluding hydrogens is 306 g/mol. The number of halogens is 1. The molecule has 120 valence electrons. The smallest absolute Gasteiger partial charge is 0.231 e. The van der Waals surface area contributed by atoms with Gasteiger partial charge in [-0.3, -0.25) is 4.79 Å². The Balaban J connectivity index is 1.72. The van der Waals surface area contributed by atoms with E-state index in [9.17, 15) is 4.79 Å². The molecule has 1 fully saturated rings. The zero-order chi connectivity index (χ0) is 16.5. The Morgan fingerprint density at radius 2 is 1.70 bits per heavy atom. The van der Waals surface area contributed by atoms with Crippen molar-refractivity contribution in [1.82, 2.24) is 5.32 Å². The van der Waals surface area contributed by atoms with Crippen molar-refractivity contribution in [2.24, 2.45) is 0 Å². The van der Waals surface area contributed by atoms with Crippen molar-refractivity contribution in [2.75, 3.05) is 0 Å². The zero-order valence-electron chi connectivity index (χ0n) is 13.6. The summed E-state index contributed by atoms with van der Waals surface area (Å²) in [5.74, 6) is 0.126. The largest absolute Gasteiger partial charge is 0.350 e. The quantitative estimate of drug-likeness (QED) is 0.860. The van der Waals surface area contributed by atoms with Crippen LogP contribution in [0.25, 0.3) is 0 Å². The second kappa shape index (κ2) is 6.01. The number of benzene rings is 2. The van der Waals surface area contributed by atoms with Gasteiger partial charge in [-0.2, -0.15) is 0 Å². The molecule has 0 saturated heterocycles. The van der Waals surface area contributed by atoms with Gasteiger partial charge in [0.1, 0.15) is 0 Å². The first-order valence-corrected chi connectivity index (χ1v) is 8.42. The first kappa shape index (κ1) is 16.1. The summed E-state index contributed by atoms with van der Waals surface area (Å²) in [7, 11) is 0. The van der Waals surface area contributed by atoms with Crippen molar-refractivity contribution < 1.29 is 4.79 Å². The van der Waals surface area contributed by atoms with Gasteiger partial charge in [0, 0.05) is 10.6 Å². The normalized spacial score (nSPS) is 16.0. The minimum Gasteiger partial charge on any atom is -0.350 e. The van der Waals surface area contributed by atoms with Crippen molar-refractivity contribution in [1.29, 1.82) is 0 Å². The summed E-state index contributed by atoms with van der Waals surface area (Å²) >= 11 is 5.96. The number of hydrogen-bond donors (Lipinski definition) is 1. The molecule has 1 amide bonds. The van der Waals surface area contributed by atoms with E-state index in [0.717, 1.165) is 24.8 Å². The summed E-state index contributed by atoms with van der Waals surface area (Å²) in [6, 6.07) is 17.9. The van der Waals surface area contributed by atoms with E-state index < -0.39 is 0 Å². The minimum absolute atomic E-state index is 0.126. The monoisotopic (exact) mass is 327 g/mol. The molecule has 23 heavy (non-hydrogen) atoms. The van der Waals surface area contributed by atoms with E-state index in [1.54, 1.807) is 0 Å². The predicted octanol–water partition coefficient (Wildman–Crippen LogP) is 4.51. The fraction of sp³-hybridized carbons (Fsp3) is 0.350. The highest BCUT2D eigenvalue weighted by molar-refractivity contribution is 6.30. The number of carbonyl (C=O) groups excluding carboxylic acids is 1. The van der Waals surface area contributed by atoms with E-state index >= 15 is 0 Å². The zero-order valence-corrected chi connectivity index (χ0v) is 14.4. The van der Waals surface area contributed by atoms with Crippen LogP contribution >= 0.6 is 11.6 Å². The molecule has 0 heterocycles. The minimum atomic E-state index is -0.363. The average molecular weight is 328 g/mol. The van der Waals surface area contributed by atoms with Crippen LogP contribution < -0.4 is 5.32 Å². The van der Waals surface area contributed by atoms with Crippen LogP contribution in [0.2, 0.25) is 5.02 Å². The van der Waals surface area contributed by atoms with Gasteiger partial charge in [-0.05, 0) is 56.4 Å². The molecule has 0 atom stereocenters. The second-order valence-corrected chi connectivity index (χ2v) is 7.53. The molecule has 1 saturated carbocycles. The summed E-state index contributed by atoms with van der Waals surface area (Å²) in [5, 5.41) is 3.95. The van der Waals surface area contributed by atoms with Crippen molar-refractivity contribution in [3.63, 3.8) is 0 Å². The van der Waals surface area contributed by atoms with Crippen LogP contribution in [0.15, 0.2) is 54.6 Å². The lowest BCUT2D eigenvalue weighted by Crippen LogP contribution is -2.49. The van der Waals surface area contributed by atoms with Gasteiger partial charge in [-0.15, -0.1) is 0 Å². The van der Waals surface area contributed by atoms with Gasteiger partial charge >= 0.3 is 0 Å². The maximum absolute atomic E-state index is 12.9. The maximum Gasteiger partial charge on any atom is 0.231 e. The third kappa shape index (κ3) is 3.59. The van der Waals surface area contributed by atoms with Crippen LogP contribution in [0.4, 0.5) is 0 Å². The van der Waals surface area contributed by atoms with Crippen LogP contribution in [0.5, 0.6) is 0 Å². The van der Waals surface area contributed by atoms with Gasteiger partial charge < -0.3 is 5.32 Å². The molecule has 1 N–H and O–H groups in total. The number of nitrogens with one attached hydrogen (secondary N) is 1. The van der Waals surface area contributed by atoms with Crippen molar-refractivity contribution in [2.45, 2.75) is 44.1 Å². The molecule has 3 heteroatoms. The number of amides is 1. The fourth-order valence-corrected chi connectivity index (χ4v) is 3.24. The Hall–Kier alpha value is -1.80. The lowest BCUT2D eigenvalue weighted by Gasteiger charge is -2.29. The highest BCUT2D eigenvalue weighted by atomic mass is 35.5. The SMILES string of the molecule is CC(C)(Cc1ccccc1)NC(=O)C1(c2ccc(Cl)cc2)CC1. The van der Waals surface area contributed by atoms with Crippen molar-refractivity contribution >= 4 is 17.5 Å². The Morgan fingerprint density at radius 1 is 1.09 bits per heavy atom. The second-order valence-electron chi connectivity index (χ2n) is 7.09. The molecule has 3 rings (SSSR count). The summed E-state index contributed by atoms with van der Waals surface area (Å²) in [5.41, 5.74) is 1.66. The Kier molecular flexibility index (Phi) is 4.20. The Bertz CT molecular complexity index is 687. The van der Waals surface area contributed by atoms with E-state index in [4.69, 9.17) is 11.6 Å². The molecule has 1 aliphatic carbocycles. The fourth-order valence-electron chi connectivity index (χ4n) is 3.12. The molecule has 1 aliphatic rings. The Labute approximate surface area is 142 Å². The summed E-state index contributed by atoms with van der Waals surface area (Å²) in [6.07, 6.45) is 2.63. The lowest BCUT2D eigenvalue weighted by molar-refractivity contribution is -0.125. The van der Waals surface area contributed by atoms with Crippen LogP contribution in [0.3, 0.4) is 0 Å². The number of carbonyl (C=O) groups is 1. The molecule has 0 bridgehead atoms. The van der Waals surface area contributed by atoms with E-state index in [-0.39, 0.29) is 16.9 Å². The molecule has 2 aromatic rings. The summed E-state index contributed by atoms with van der Waals surface area (Å²) < 4.78 is 0. The maximum atomic E-state index is 12.9. The van der Waals surface area contributed by atoms with Crippen LogP contribution in [0, 0.1) is 0 Å². The van der Waals surface area contributed by atoms with Crippen LogP contribution in [-0.2, 0) is 16.6 Å². The van der Waals surface area contributed by atoms with Crippen molar-refractivity contribution in [3.8, 4) is 0 Å². The van der Waals surface area contributed by atoms with Gasteiger partial charge in [0.05, 0.1) is 5.41 Å². The first-order valence-electron chi connectivity index (χ1n) is 8.04. The van der Waals surface area contributed by atoms with E-state index in [2.05, 4.69) is 31.3 Å². The topological polar surface area (TPSA) is 29.1 Å². The number of hydrogen-bond acceptors (Lipinski definition) is 1. The van der Waals surface area contributed by atoms with Gasteiger partial charge in [-0.25, -0.2) is 0 Å². The van der Waals surface area contributed by atoms with Crippen molar-refractivity contribution in [3.05, 3.63) is 70.7 Å². The van der Waals surface area contributed by atoms with Gasteiger partial charge in [0.25, 0.3) is 0 Å². The van der Waals surface area contributed by atoms with E-state index in [1.165, 1.54) is 5.56 Å². The van der Waals surface area contributed by atoms with Gasteiger partial charge in [0.15, 0.2) is 0 Å². The molecule has 2 nitrogen and oxygen atoms in total. The van der Waals surface area contributed by atoms with Gasteiger partial charge in [-0.1, -0.05) is 54.1 Å². The average Bonchev–Trinajstić information content (AvgIpc) is 3.30. The van der Waals surface area contributed by atoms with E-state index in [1.807, 2.05) is 42.5 Å². The highest BCUT2D eigenvalue weighted by Crippen LogP contribution is 2.48. The summed E-state index contributed by atoms with van der Waals surface area (Å²) in [6.45, 7) is 4.16. The molecule has 0 unspecified atom stereocenters. The molecule has 0 aliphatic heterocycles. The van der Waals surface area contributed by atoms with Crippen LogP contribution in [0.1, 0.15) is 37.8 Å². The molecular formula is C20H22ClNO. The van der Waals surface area contributed by atoms with Gasteiger partial charge in [0.2, 0.25) is 5.91 Å². The molecule has 0 radical (unpaired) electrons. The first-order chi connectivity index (χ1) is 10.9. The highest BCUT2D eigenvalue weighted by Gasteiger charge is 2.52.